The van der Waals surface area contributed by atoms with Crippen LogP contribution in [0.15, 0.2) is 18.2 Å². The maximum absolute atomic E-state index is 11.4. The average molecular weight is 288 g/mol. The number of anilines is 1. The predicted molar refractivity (Wildman–Crippen MR) is 88.5 cm³/mol. The van der Waals surface area contributed by atoms with Crippen LogP contribution < -0.4 is 11.1 Å². The maximum Gasteiger partial charge on any atom is 0.249 e. The molecule has 2 atom stereocenters. The highest BCUT2D eigenvalue weighted by molar-refractivity contribution is 5.95. The van der Waals surface area contributed by atoms with Gasteiger partial charge in [0.1, 0.15) is 0 Å². The number of primary amides is 1. The molecule has 21 heavy (non-hydrogen) atoms. The summed E-state index contributed by atoms with van der Waals surface area (Å²) in [5.41, 5.74) is 8.07. The first-order chi connectivity index (χ1) is 9.99. The van der Waals surface area contributed by atoms with Gasteiger partial charge in [0.15, 0.2) is 0 Å². The van der Waals surface area contributed by atoms with E-state index in [2.05, 4.69) is 19.2 Å². The fourth-order valence-corrected chi connectivity index (χ4v) is 3.42. The monoisotopic (exact) mass is 288 g/mol. The highest BCUT2D eigenvalue weighted by atomic mass is 16.1. The number of rotatable bonds is 4. The summed E-state index contributed by atoms with van der Waals surface area (Å²) in [6.45, 7) is 6.63. The first kappa shape index (κ1) is 15.9. The number of carbonyl (C=O) groups excluding carboxylic acids is 1. The van der Waals surface area contributed by atoms with Crippen molar-refractivity contribution >= 4 is 11.6 Å². The second-order valence-corrected chi connectivity index (χ2v) is 6.70. The minimum atomic E-state index is -0.350. The van der Waals surface area contributed by atoms with Crippen molar-refractivity contribution < 1.29 is 4.79 Å². The molecule has 1 aliphatic rings. The van der Waals surface area contributed by atoms with Crippen LogP contribution in [0.3, 0.4) is 0 Å². The molecule has 1 amide bonds. The first-order valence-corrected chi connectivity index (χ1v) is 8.15. The van der Waals surface area contributed by atoms with Crippen molar-refractivity contribution in [2.45, 2.75) is 58.9 Å². The summed E-state index contributed by atoms with van der Waals surface area (Å²) in [7, 11) is 0. The minimum absolute atomic E-state index is 0.350. The zero-order valence-corrected chi connectivity index (χ0v) is 13.5. The van der Waals surface area contributed by atoms with Gasteiger partial charge in [-0.1, -0.05) is 32.8 Å². The molecule has 1 saturated carbocycles. The van der Waals surface area contributed by atoms with Crippen molar-refractivity contribution in [3.8, 4) is 0 Å². The molecule has 3 heteroatoms. The van der Waals surface area contributed by atoms with E-state index >= 15 is 0 Å². The molecule has 0 saturated heterocycles. The third kappa shape index (κ3) is 3.99. The molecule has 2 rings (SSSR count). The van der Waals surface area contributed by atoms with E-state index in [0.29, 0.717) is 11.6 Å². The molecule has 0 radical (unpaired) electrons. The molecule has 1 fully saturated rings. The molecule has 1 aromatic carbocycles. The Balaban J connectivity index is 2.05. The summed E-state index contributed by atoms with van der Waals surface area (Å²) in [5, 5.41) is 3.64. The number of hydrogen-bond donors (Lipinski definition) is 2. The Morgan fingerprint density at radius 1 is 1.24 bits per heavy atom. The molecule has 0 aromatic heterocycles. The molecule has 0 heterocycles. The Morgan fingerprint density at radius 3 is 2.67 bits per heavy atom. The molecule has 0 spiro atoms. The van der Waals surface area contributed by atoms with Gasteiger partial charge in [-0.3, -0.25) is 4.79 Å². The first-order valence-electron chi connectivity index (χ1n) is 8.15. The molecule has 1 aliphatic carbocycles. The Labute approximate surface area is 128 Å². The maximum atomic E-state index is 11.4. The Kier molecular flexibility index (Phi) is 5.27. The molecule has 3 N–H and O–H groups in total. The van der Waals surface area contributed by atoms with Crippen LogP contribution in [-0.4, -0.2) is 11.9 Å². The van der Waals surface area contributed by atoms with Crippen molar-refractivity contribution in [2.24, 2.45) is 17.6 Å². The van der Waals surface area contributed by atoms with Crippen molar-refractivity contribution in [3.05, 3.63) is 29.3 Å². The lowest BCUT2D eigenvalue weighted by molar-refractivity contribution is 0.1000. The van der Waals surface area contributed by atoms with E-state index in [1.165, 1.54) is 32.1 Å². The number of nitrogens with two attached hydrogens (primary N) is 1. The number of nitrogens with one attached hydrogen (secondary N) is 1. The predicted octanol–water partition coefficient (Wildman–Crippen LogP) is 4.11. The van der Waals surface area contributed by atoms with Gasteiger partial charge < -0.3 is 11.1 Å². The van der Waals surface area contributed by atoms with Gasteiger partial charge in [0.25, 0.3) is 0 Å². The fourth-order valence-electron chi connectivity index (χ4n) is 3.42. The highest BCUT2D eigenvalue weighted by Crippen LogP contribution is 2.31. The van der Waals surface area contributed by atoms with Crippen molar-refractivity contribution in [1.82, 2.24) is 0 Å². The number of benzene rings is 1. The van der Waals surface area contributed by atoms with E-state index < -0.39 is 0 Å². The van der Waals surface area contributed by atoms with Crippen LogP contribution in [0, 0.1) is 18.8 Å². The third-order valence-corrected chi connectivity index (χ3v) is 4.92. The molecule has 0 bridgehead atoms. The van der Waals surface area contributed by atoms with Gasteiger partial charge >= 0.3 is 0 Å². The third-order valence-electron chi connectivity index (χ3n) is 4.92. The minimum Gasteiger partial charge on any atom is -0.382 e. The quantitative estimate of drug-likeness (QED) is 0.819. The van der Waals surface area contributed by atoms with E-state index in [0.717, 1.165) is 23.1 Å². The second-order valence-electron chi connectivity index (χ2n) is 6.70. The smallest absolute Gasteiger partial charge is 0.249 e. The van der Waals surface area contributed by atoms with Gasteiger partial charge in [0.2, 0.25) is 5.91 Å². The number of hydrogen-bond acceptors (Lipinski definition) is 2. The van der Waals surface area contributed by atoms with E-state index in [-0.39, 0.29) is 5.91 Å². The lowest BCUT2D eigenvalue weighted by Crippen LogP contribution is -2.21. The van der Waals surface area contributed by atoms with Crippen molar-refractivity contribution in [3.63, 3.8) is 0 Å². The standard InChI is InChI=1S/C18H28N2O/c1-12(2)14-6-4-7-15(11-10-14)20-17-9-5-8-16(13(17)3)18(19)21/h5,8-9,12,14-15,20H,4,6-7,10-11H2,1-3H3,(H2,19,21). The van der Waals surface area contributed by atoms with Crippen LogP contribution >= 0.6 is 0 Å². The molecule has 0 aliphatic heterocycles. The normalized spacial score (nSPS) is 22.9. The molecule has 116 valence electrons. The van der Waals surface area contributed by atoms with Gasteiger partial charge in [-0.15, -0.1) is 0 Å². The number of amides is 1. The van der Waals surface area contributed by atoms with Crippen LogP contribution in [0.5, 0.6) is 0 Å². The highest BCUT2D eigenvalue weighted by Gasteiger charge is 2.21. The van der Waals surface area contributed by atoms with Crippen LogP contribution in [0.2, 0.25) is 0 Å². The Morgan fingerprint density at radius 2 is 2.00 bits per heavy atom. The van der Waals surface area contributed by atoms with Gasteiger partial charge in [-0.25, -0.2) is 0 Å². The largest absolute Gasteiger partial charge is 0.382 e. The summed E-state index contributed by atoms with van der Waals surface area (Å²) >= 11 is 0. The van der Waals surface area contributed by atoms with Crippen LogP contribution in [0.4, 0.5) is 5.69 Å². The lowest BCUT2D eigenvalue weighted by Gasteiger charge is -2.21. The number of carbonyl (C=O) groups is 1. The van der Waals surface area contributed by atoms with Gasteiger partial charge in [0.05, 0.1) is 0 Å². The van der Waals surface area contributed by atoms with E-state index in [1.807, 2.05) is 19.1 Å². The van der Waals surface area contributed by atoms with Crippen molar-refractivity contribution in [2.75, 3.05) is 5.32 Å². The van der Waals surface area contributed by atoms with Gasteiger partial charge in [-0.05, 0) is 55.7 Å². The summed E-state index contributed by atoms with van der Waals surface area (Å²) < 4.78 is 0. The summed E-state index contributed by atoms with van der Waals surface area (Å²) in [6.07, 6.45) is 6.35. The topological polar surface area (TPSA) is 55.1 Å². The van der Waals surface area contributed by atoms with Crippen LogP contribution in [0.25, 0.3) is 0 Å². The van der Waals surface area contributed by atoms with Crippen LogP contribution in [-0.2, 0) is 0 Å². The van der Waals surface area contributed by atoms with Crippen LogP contribution in [0.1, 0.15) is 61.9 Å². The molecular formula is C18H28N2O. The summed E-state index contributed by atoms with van der Waals surface area (Å²) in [4.78, 5) is 11.4. The SMILES string of the molecule is Cc1c(NC2CCCC(C(C)C)CC2)cccc1C(N)=O. The summed E-state index contributed by atoms with van der Waals surface area (Å²) in [6, 6.07) is 6.26. The van der Waals surface area contributed by atoms with Gasteiger partial charge in [0, 0.05) is 17.3 Å². The lowest BCUT2D eigenvalue weighted by atomic mass is 9.89. The summed E-state index contributed by atoms with van der Waals surface area (Å²) in [5.74, 6) is 1.29. The fraction of sp³-hybridized carbons (Fsp3) is 0.611. The zero-order chi connectivity index (χ0) is 15.4. The molecular weight excluding hydrogens is 260 g/mol. The second kappa shape index (κ2) is 6.97. The Hall–Kier alpha value is -1.51. The average Bonchev–Trinajstić information content (AvgIpc) is 2.66. The van der Waals surface area contributed by atoms with E-state index in [4.69, 9.17) is 5.73 Å². The van der Waals surface area contributed by atoms with E-state index in [9.17, 15) is 4.79 Å². The van der Waals surface area contributed by atoms with Crippen molar-refractivity contribution in [1.29, 1.82) is 0 Å². The Bertz CT molecular complexity index is 496. The van der Waals surface area contributed by atoms with E-state index in [1.54, 1.807) is 6.07 Å². The molecule has 1 aromatic rings. The molecule has 3 nitrogen and oxygen atoms in total. The molecule has 2 unspecified atom stereocenters. The zero-order valence-electron chi connectivity index (χ0n) is 13.5. The van der Waals surface area contributed by atoms with Gasteiger partial charge in [-0.2, -0.15) is 0 Å².